The Bertz CT molecular complexity index is 480. The number of hydrogen-bond acceptors (Lipinski definition) is 3. The smallest absolute Gasteiger partial charge is 0.306 e. The highest BCUT2D eigenvalue weighted by molar-refractivity contribution is 6.00. The molecule has 0 aromatic heterocycles. The van der Waals surface area contributed by atoms with Crippen molar-refractivity contribution in [3.05, 3.63) is 35.9 Å². The number of Topliss-reactive ketones (excluding diaryl/α,β-unsaturated/α-hetero) is 1. The molecule has 114 valence electrons. The molecule has 2 atom stereocenters. The lowest BCUT2D eigenvalue weighted by atomic mass is 9.92. The number of carbonyl (C=O) groups excluding carboxylic acids is 1. The van der Waals surface area contributed by atoms with Crippen LogP contribution in [0.4, 0.5) is 0 Å². The van der Waals surface area contributed by atoms with Gasteiger partial charge in [-0.3, -0.25) is 14.5 Å². The maximum absolute atomic E-state index is 12.8. The zero-order chi connectivity index (χ0) is 15.2. The summed E-state index contributed by atoms with van der Waals surface area (Å²) in [4.78, 5) is 26.1. The number of carboxylic acid groups (broad SMARTS) is 1. The Kier molecular flexibility index (Phi) is 5.51. The number of rotatable bonds is 6. The minimum atomic E-state index is -0.835. The molecular formula is C17H23NO3. The summed E-state index contributed by atoms with van der Waals surface area (Å²) in [5.74, 6) is -1.30. The highest BCUT2D eigenvalue weighted by Gasteiger charge is 2.30. The van der Waals surface area contributed by atoms with Gasteiger partial charge in [0.05, 0.1) is 12.0 Å². The summed E-state index contributed by atoms with van der Waals surface area (Å²) >= 11 is 0. The Balaban J connectivity index is 2.18. The number of aliphatic carboxylic acids is 1. The molecule has 0 aliphatic carbocycles. The van der Waals surface area contributed by atoms with E-state index in [0.717, 1.165) is 25.9 Å². The highest BCUT2D eigenvalue weighted by atomic mass is 16.4. The topological polar surface area (TPSA) is 57.6 Å². The van der Waals surface area contributed by atoms with Crippen LogP contribution in [0, 0.1) is 5.92 Å². The van der Waals surface area contributed by atoms with E-state index in [1.165, 1.54) is 6.42 Å². The number of hydrogen-bond donors (Lipinski definition) is 1. The monoisotopic (exact) mass is 289 g/mol. The van der Waals surface area contributed by atoms with Crippen LogP contribution in [0.2, 0.25) is 0 Å². The summed E-state index contributed by atoms with van der Waals surface area (Å²) < 4.78 is 0. The molecule has 4 heteroatoms. The van der Waals surface area contributed by atoms with Gasteiger partial charge in [0, 0.05) is 5.56 Å². The highest BCUT2D eigenvalue weighted by Crippen LogP contribution is 2.21. The minimum absolute atomic E-state index is 0.0469. The zero-order valence-corrected chi connectivity index (χ0v) is 12.5. The summed E-state index contributed by atoms with van der Waals surface area (Å²) in [6, 6.07) is 8.88. The van der Waals surface area contributed by atoms with Crippen molar-refractivity contribution < 1.29 is 14.7 Å². The van der Waals surface area contributed by atoms with Gasteiger partial charge >= 0.3 is 5.97 Å². The lowest BCUT2D eigenvalue weighted by Crippen LogP contribution is -2.45. The van der Waals surface area contributed by atoms with Crippen molar-refractivity contribution in [1.82, 2.24) is 4.90 Å². The van der Waals surface area contributed by atoms with Gasteiger partial charge in [-0.1, -0.05) is 43.7 Å². The number of benzene rings is 1. The maximum Gasteiger partial charge on any atom is 0.306 e. The van der Waals surface area contributed by atoms with Gasteiger partial charge in [-0.2, -0.15) is 0 Å². The van der Waals surface area contributed by atoms with Gasteiger partial charge in [0.2, 0.25) is 0 Å². The summed E-state index contributed by atoms with van der Waals surface area (Å²) in [7, 11) is 0. The van der Waals surface area contributed by atoms with Crippen molar-refractivity contribution in [3.8, 4) is 0 Å². The third-order valence-electron chi connectivity index (χ3n) is 4.19. The molecule has 1 aliphatic heterocycles. The molecule has 0 bridgehead atoms. The van der Waals surface area contributed by atoms with Crippen LogP contribution in [0.15, 0.2) is 30.3 Å². The summed E-state index contributed by atoms with van der Waals surface area (Å²) in [6.07, 6.45) is 3.74. The lowest BCUT2D eigenvalue weighted by Gasteiger charge is -2.34. The molecule has 21 heavy (non-hydrogen) atoms. The molecule has 1 fully saturated rings. The van der Waals surface area contributed by atoms with E-state index in [2.05, 4.69) is 4.90 Å². The van der Waals surface area contributed by atoms with Gasteiger partial charge < -0.3 is 5.11 Å². The second-order valence-corrected chi connectivity index (χ2v) is 5.82. The first-order valence-electron chi connectivity index (χ1n) is 7.65. The molecule has 1 aromatic rings. The van der Waals surface area contributed by atoms with Crippen molar-refractivity contribution in [2.45, 2.75) is 38.6 Å². The van der Waals surface area contributed by atoms with Gasteiger partial charge in [0.25, 0.3) is 0 Å². The third-order valence-corrected chi connectivity index (χ3v) is 4.19. The molecule has 0 saturated carbocycles. The molecule has 1 heterocycles. The number of ketones is 1. The molecule has 1 aliphatic rings. The van der Waals surface area contributed by atoms with Crippen LogP contribution in [0.25, 0.3) is 0 Å². The Labute approximate surface area is 125 Å². The molecule has 1 saturated heterocycles. The van der Waals surface area contributed by atoms with E-state index in [4.69, 9.17) is 5.11 Å². The van der Waals surface area contributed by atoms with Crippen LogP contribution in [0.5, 0.6) is 0 Å². The van der Waals surface area contributed by atoms with Crippen LogP contribution < -0.4 is 0 Å². The largest absolute Gasteiger partial charge is 0.481 e. The molecule has 1 N–H and O–H groups in total. The maximum atomic E-state index is 12.8. The van der Waals surface area contributed by atoms with Crippen molar-refractivity contribution in [2.75, 3.05) is 13.1 Å². The van der Waals surface area contributed by atoms with E-state index in [1.54, 1.807) is 6.92 Å². The number of carboxylic acids is 1. The Morgan fingerprint density at radius 3 is 2.33 bits per heavy atom. The van der Waals surface area contributed by atoms with Crippen LogP contribution in [-0.2, 0) is 4.79 Å². The molecular weight excluding hydrogens is 266 g/mol. The number of nitrogens with zero attached hydrogens (tertiary/aromatic N) is 1. The van der Waals surface area contributed by atoms with Crippen molar-refractivity contribution in [3.63, 3.8) is 0 Å². The Morgan fingerprint density at radius 2 is 1.76 bits per heavy atom. The van der Waals surface area contributed by atoms with Crippen molar-refractivity contribution in [1.29, 1.82) is 0 Å². The zero-order valence-electron chi connectivity index (χ0n) is 12.5. The summed E-state index contributed by atoms with van der Waals surface area (Å²) in [5, 5.41) is 9.15. The molecule has 2 rings (SSSR count). The minimum Gasteiger partial charge on any atom is -0.481 e. The van der Waals surface area contributed by atoms with E-state index in [-0.39, 0.29) is 11.8 Å². The van der Waals surface area contributed by atoms with Gasteiger partial charge in [-0.05, 0) is 32.4 Å². The molecule has 1 aromatic carbocycles. The first-order chi connectivity index (χ1) is 10.1. The van der Waals surface area contributed by atoms with Gasteiger partial charge in [0.1, 0.15) is 0 Å². The van der Waals surface area contributed by atoms with Gasteiger partial charge in [-0.15, -0.1) is 0 Å². The number of carbonyl (C=O) groups is 2. The fourth-order valence-electron chi connectivity index (χ4n) is 2.88. The quantitative estimate of drug-likeness (QED) is 0.818. The van der Waals surface area contributed by atoms with Gasteiger partial charge in [-0.25, -0.2) is 0 Å². The van der Waals surface area contributed by atoms with E-state index < -0.39 is 11.9 Å². The standard InChI is InChI=1S/C17H23NO3/c1-13(17(20)21)12-15(18-10-6-3-7-11-18)16(19)14-8-4-2-5-9-14/h2,4-5,8-9,13,15H,3,6-7,10-12H2,1H3,(H,20,21). The molecule has 0 radical (unpaired) electrons. The van der Waals surface area contributed by atoms with E-state index in [0.29, 0.717) is 12.0 Å². The summed E-state index contributed by atoms with van der Waals surface area (Å²) in [6.45, 7) is 3.45. The fraction of sp³-hybridized carbons (Fsp3) is 0.529. The van der Waals surface area contributed by atoms with Crippen LogP contribution in [0.3, 0.4) is 0 Å². The predicted octanol–water partition coefficient (Wildman–Crippen LogP) is 2.83. The van der Waals surface area contributed by atoms with Gasteiger partial charge in [0.15, 0.2) is 5.78 Å². The van der Waals surface area contributed by atoms with Crippen LogP contribution >= 0.6 is 0 Å². The van der Waals surface area contributed by atoms with Crippen LogP contribution in [0.1, 0.15) is 43.0 Å². The normalized spacial score (nSPS) is 18.9. The summed E-state index contributed by atoms with van der Waals surface area (Å²) in [5.41, 5.74) is 0.672. The first kappa shape index (κ1) is 15.7. The lowest BCUT2D eigenvalue weighted by molar-refractivity contribution is -0.141. The number of likely N-dealkylation sites (tertiary alicyclic amines) is 1. The predicted molar refractivity (Wildman–Crippen MR) is 81.4 cm³/mol. The average molecular weight is 289 g/mol. The molecule has 0 spiro atoms. The Hall–Kier alpha value is -1.68. The molecule has 0 amide bonds. The third kappa shape index (κ3) is 4.14. The van der Waals surface area contributed by atoms with E-state index in [9.17, 15) is 9.59 Å². The average Bonchev–Trinajstić information content (AvgIpc) is 2.53. The second kappa shape index (κ2) is 7.36. The second-order valence-electron chi connectivity index (χ2n) is 5.82. The fourth-order valence-corrected chi connectivity index (χ4v) is 2.88. The number of piperidine rings is 1. The molecule has 4 nitrogen and oxygen atoms in total. The van der Waals surface area contributed by atoms with Crippen molar-refractivity contribution in [2.24, 2.45) is 5.92 Å². The SMILES string of the molecule is CC(CC(C(=O)c1ccccc1)N1CCCCC1)C(=O)O. The Morgan fingerprint density at radius 1 is 1.14 bits per heavy atom. The van der Waals surface area contributed by atoms with Crippen LogP contribution in [-0.4, -0.2) is 40.9 Å². The molecule has 2 unspecified atom stereocenters. The first-order valence-corrected chi connectivity index (χ1v) is 7.65. The van der Waals surface area contributed by atoms with Crippen molar-refractivity contribution >= 4 is 11.8 Å². The van der Waals surface area contributed by atoms with E-state index >= 15 is 0 Å². The van der Waals surface area contributed by atoms with E-state index in [1.807, 2.05) is 30.3 Å².